The standard InChI is InChI=1S/C21H22F2N6O/c1-4-17(23)5-6-19(30-10-8-22)14(2)15(3)27-20-7-9-29-21(28-20)18(13-26-29)16-11-24-25-12-16/h4-7,9,11-13,15H,1-2,8,10H2,3H3,(H,24,25)(H,27,28)/b17-5+,19-6+. The highest BCUT2D eigenvalue weighted by molar-refractivity contribution is 5.76. The summed E-state index contributed by atoms with van der Waals surface area (Å²) in [6.45, 7) is 8.38. The highest BCUT2D eigenvalue weighted by Crippen LogP contribution is 2.24. The van der Waals surface area contributed by atoms with Crippen molar-refractivity contribution in [1.82, 2.24) is 24.8 Å². The van der Waals surface area contributed by atoms with Crippen molar-refractivity contribution in [3.63, 3.8) is 0 Å². The van der Waals surface area contributed by atoms with Gasteiger partial charge >= 0.3 is 0 Å². The molecule has 2 N–H and O–H groups in total. The lowest BCUT2D eigenvalue weighted by molar-refractivity contribution is 0.192. The summed E-state index contributed by atoms with van der Waals surface area (Å²) in [5.74, 6) is 0.317. The third-order valence-electron chi connectivity index (χ3n) is 4.31. The number of nitrogens with zero attached hydrogens (tertiary/aromatic N) is 4. The molecular weight excluding hydrogens is 390 g/mol. The Morgan fingerprint density at radius 1 is 1.40 bits per heavy atom. The molecule has 156 valence electrons. The fraction of sp³-hybridized carbons (Fsp3) is 0.190. The minimum Gasteiger partial charge on any atom is -0.491 e. The lowest BCUT2D eigenvalue weighted by Crippen LogP contribution is -2.20. The Labute approximate surface area is 172 Å². The normalized spacial score (nSPS) is 13.3. The molecule has 3 rings (SSSR count). The molecule has 9 heteroatoms. The Hall–Kier alpha value is -3.75. The van der Waals surface area contributed by atoms with Crippen molar-refractivity contribution in [2.24, 2.45) is 0 Å². The number of hydrogen-bond acceptors (Lipinski definition) is 5. The van der Waals surface area contributed by atoms with E-state index in [2.05, 4.69) is 38.8 Å². The summed E-state index contributed by atoms with van der Waals surface area (Å²) < 4.78 is 33.0. The second-order valence-electron chi connectivity index (χ2n) is 6.34. The van der Waals surface area contributed by atoms with Gasteiger partial charge < -0.3 is 10.1 Å². The zero-order valence-corrected chi connectivity index (χ0v) is 16.5. The van der Waals surface area contributed by atoms with E-state index < -0.39 is 12.5 Å². The summed E-state index contributed by atoms with van der Waals surface area (Å²) in [6, 6.07) is 1.44. The number of halogens is 2. The molecule has 30 heavy (non-hydrogen) atoms. The first-order chi connectivity index (χ1) is 14.5. The predicted molar refractivity (Wildman–Crippen MR) is 112 cm³/mol. The minimum absolute atomic E-state index is 0.158. The molecule has 0 aliphatic heterocycles. The molecule has 0 amide bonds. The van der Waals surface area contributed by atoms with Gasteiger partial charge in [0, 0.05) is 29.1 Å². The van der Waals surface area contributed by atoms with Crippen molar-refractivity contribution >= 4 is 11.5 Å². The number of ether oxygens (including phenoxy) is 1. The molecule has 0 fully saturated rings. The maximum absolute atomic E-state index is 13.4. The number of aromatic nitrogens is 5. The van der Waals surface area contributed by atoms with Crippen molar-refractivity contribution in [2.75, 3.05) is 18.6 Å². The third-order valence-corrected chi connectivity index (χ3v) is 4.31. The molecule has 0 aliphatic carbocycles. The quantitative estimate of drug-likeness (QED) is 0.381. The Balaban J connectivity index is 1.82. The number of aromatic amines is 1. The molecule has 0 spiro atoms. The third kappa shape index (κ3) is 4.80. The molecule has 0 saturated heterocycles. The maximum Gasteiger partial charge on any atom is 0.165 e. The number of fused-ring (bicyclic) bond motifs is 1. The van der Waals surface area contributed by atoms with Crippen LogP contribution < -0.4 is 5.32 Å². The zero-order chi connectivity index (χ0) is 21.5. The van der Waals surface area contributed by atoms with Crippen LogP contribution in [0.5, 0.6) is 0 Å². The maximum atomic E-state index is 13.4. The van der Waals surface area contributed by atoms with E-state index in [0.29, 0.717) is 17.0 Å². The number of nitrogens with one attached hydrogen (secondary N) is 2. The van der Waals surface area contributed by atoms with Crippen LogP contribution in [-0.2, 0) is 4.74 Å². The lowest BCUT2D eigenvalue weighted by atomic mass is 10.1. The Kier molecular flexibility index (Phi) is 6.74. The number of anilines is 1. The van der Waals surface area contributed by atoms with Crippen molar-refractivity contribution in [3.8, 4) is 11.1 Å². The summed E-state index contributed by atoms with van der Waals surface area (Å²) in [4.78, 5) is 4.62. The zero-order valence-electron chi connectivity index (χ0n) is 16.5. The van der Waals surface area contributed by atoms with Crippen LogP contribution in [0.1, 0.15) is 6.92 Å². The minimum atomic E-state index is -0.670. The summed E-state index contributed by atoms with van der Waals surface area (Å²) in [5.41, 5.74) is 2.87. The molecule has 0 bridgehead atoms. The van der Waals surface area contributed by atoms with E-state index in [4.69, 9.17) is 4.74 Å². The topological polar surface area (TPSA) is 80.1 Å². The van der Waals surface area contributed by atoms with E-state index in [1.807, 2.05) is 6.92 Å². The molecule has 0 aromatic carbocycles. The summed E-state index contributed by atoms with van der Waals surface area (Å²) in [5, 5.41) is 14.3. The number of H-pyrrole nitrogens is 1. The van der Waals surface area contributed by atoms with Gasteiger partial charge in [0.15, 0.2) is 5.65 Å². The predicted octanol–water partition coefficient (Wildman–Crippen LogP) is 4.39. The molecule has 0 radical (unpaired) electrons. The molecule has 1 atom stereocenters. The SMILES string of the molecule is C=C/C(F)=C\C=C(\OCCF)C(=C)C(C)Nc1ccn2ncc(-c3cn[nH]c3)c2n1. The van der Waals surface area contributed by atoms with E-state index in [0.717, 1.165) is 17.2 Å². The van der Waals surface area contributed by atoms with Gasteiger partial charge in [-0.15, -0.1) is 0 Å². The molecule has 7 nitrogen and oxygen atoms in total. The van der Waals surface area contributed by atoms with E-state index in [1.165, 1.54) is 12.2 Å². The Morgan fingerprint density at radius 2 is 2.23 bits per heavy atom. The molecule has 0 saturated carbocycles. The first-order valence-corrected chi connectivity index (χ1v) is 9.21. The average Bonchev–Trinajstić information content (AvgIpc) is 3.42. The smallest absolute Gasteiger partial charge is 0.165 e. The summed E-state index contributed by atoms with van der Waals surface area (Å²) >= 11 is 0. The van der Waals surface area contributed by atoms with E-state index in [9.17, 15) is 8.78 Å². The molecule has 3 aromatic rings. The van der Waals surface area contributed by atoms with Gasteiger partial charge in [-0.1, -0.05) is 13.2 Å². The Bertz CT molecular complexity index is 1080. The molecule has 1 unspecified atom stereocenters. The number of allylic oxidation sites excluding steroid dienone is 4. The molecular formula is C21H22F2N6O. The van der Waals surface area contributed by atoms with E-state index in [1.54, 1.807) is 35.4 Å². The first kappa shape index (κ1) is 21.0. The molecule has 0 aliphatic rings. The fourth-order valence-corrected chi connectivity index (χ4v) is 2.69. The van der Waals surface area contributed by atoms with Gasteiger partial charge in [0.05, 0.1) is 18.4 Å². The highest BCUT2D eigenvalue weighted by Gasteiger charge is 2.15. The van der Waals surface area contributed by atoms with Gasteiger partial charge in [-0.3, -0.25) is 5.10 Å². The lowest BCUT2D eigenvalue weighted by Gasteiger charge is -2.20. The van der Waals surface area contributed by atoms with Crippen molar-refractivity contribution < 1.29 is 13.5 Å². The van der Waals surface area contributed by atoms with Crippen LogP contribution in [0.15, 0.2) is 79.4 Å². The van der Waals surface area contributed by atoms with Gasteiger partial charge in [0.2, 0.25) is 0 Å². The fourth-order valence-electron chi connectivity index (χ4n) is 2.69. The van der Waals surface area contributed by atoms with Gasteiger partial charge in [0.1, 0.15) is 30.7 Å². The van der Waals surface area contributed by atoms with Gasteiger partial charge in [0.25, 0.3) is 0 Å². The first-order valence-electron chi connectivity index (χ1n) is 9.21. The van der Waals surface area contributed by atoms with Crippen molar-refractivity contribution in [2.45, 2.75) is 13.0 Å². The van der Waals surface area contributed by atoms with E-state index >= 15 is 0 Å². The van der Waals surface area contributed by atoms with Gasteiger partial charge in [-0.25, -0.2) is 18.3 Å². The molecule has 3 aromatic heterocycles. The highest BCUT2D eigenvalue weighted by atomic mass is 19.1. The average molecular weight is 412 g/mol. The Morgan fingerprint density at radius 3 is 2.93 bits per heavy atom. The van der Waals surface area contributed by atoms with Crippen LogP contribution in [0.4, 0.5) is 14.6 Å². The second-order valence-corrected chi connectivity index (χ2v) is 6.34. The van der Waals surface area contributed by atoms with Crippen LogP contribution in [0.2, 0.25) is 0 Å². The van der Waals surface area contributed by atoms with E-state index in [-0.39, 0.29) is 18.4 Å². The van der Waals surface area contributed by atoms with Gasteiger partial charge in [-0.05, 0) is 31.2 Å². The molecule has 3 heterocycles. The van der Waals surface area contributed by atoms with Crippen LogP contribution in [0.3, 0.4) is 0 Å². The van der Waals surface area contributed by atoms with Crippen LogP contribution in [-0.4, -0.2) is 44.1 Å². The van der Waals surface area contributed by atoms with Crippen LogP contribution >= 0.6 is 0 Å². The van der Waals surface area contributed by atoms with Crippen molar-refractivity contribution in [1.29, 1.82) is 0 Å². The summed E-state index contributed by atoms with van der Waals surface area (Å²) in [7, 11) is 0. The second kappa shape index (κ2) is 9.64. The number of hydrogen-bond donors (Lipinski definition) is 2. The van der Waals surface area contributed by atoms with Crippen LogP contribution in [0.25, 0.3) is 16.8 Å². The monoisotopic (exact) mass is 412 g/mol. The number of alkyl halides is 1. The summed E-state index contributed by atoms with van der Waals surface area (Å²) in [6.07, 6.45) is 10.6. The van der Waals surface area contributed by atoms with Gasteiger partial charge in [-0.2, -0.15) is 10.2 Å². The van der Waals surface area contributed by atoms with Crippen LogP contribution in [0, 0.1) is 0 Å². The van der Waals surface area contributed by atoms with Crippen molar-refractivity contribution in [3.05, 3.63) is 79.4 Å². The largest absolute Gasteiger partial charge is 0.491 e. The number of rotatable bonds is 10.